The summed E-state index contributed by atoms with van der Waals surface area (Å²) >= 11 is 0. The van der Waals surface area contributed by atoms with E-state index in [-0.39, 0.29) is 0 Å². The summed E-state index contributed by atoms with van der Waals surface area (Å²) in [4.78, 5) is 0. The van der Waals surface area contributed by atoms with Crippen molar-refractivity contribution >= 4 is 9.45 Å². The van der Waals surface area contributed by atoms with Gasteiger partial charge in [-0.15, -0.1) is 0 Å². The second-order valence-electron chi connectivity index (χ2n) is 5.40. The molecule has 0 radical (unpaired) electrons. The number of rotatable bonds is 3. The molecule has 1 aliphatic carbocycles. The van der Waals surface area contributed by atoms with Crippen LogP contribution in [0.5, 0.6) is 0 Å². The maximum absolute atomic E-state index is 5.57. The molecule has 1 saturated carbocycles. The van der Waals surface area contributed by atoms with E-state index in [1.807, 2.05) is 0 Å². The Hall–Kier alpha value is 0.0969. The number of piperidine rings is 1. The predicted molar refractivity (Wildman–Crippen MR) is 67.4 cm³/mol. The lowest BCUT2D eigenvalue weighted by Crippen LogP contribution is -2.56. The highest BCUT2D eigenvalue weighted by molar-refractivity contribution is 6.41. The summed E-state index contributed by atoms with van der Waals surface area (Å²) in [7, 11) is 2.04. The third-order valence-electron chi connectivity index (χ3n) is 4.31. The topological polar surface area (TPSA) is 21.7 Å². The van der Waals surface area contributed by atoms with Crippen LogP contribution in [0, 0.1) is 11.8 Å². The lowest BCUT2D eigenvalue weighted by atomic mass is 9.75. The van der Waals surface area contributed by atoms with E-state index >= 15 is 0 Å². The Morgan fingerprint density at radius 1 is 1.12 bits per heavy atom. The van der Waals surface area contributed by atoms with Gasteiger partial charge >= 0.3 is 9.45 Å². The SMILES string of the molecule is CO[SiH](OC)N1CCCC2CCC(C)CC21. The largest absolute Gasteiger partial charge is 0.410 e. The second kappa shape index (κ2) is 5.62. The number of hydrogen-bond donors (Lipinski definition) is 0. The molecule has 94 valence electrons. The highest BCUT2D eigenvalue weighted by atomic mass is 28.3. The molecule has 1 aliphatic heterocycles. The zero-order valence-corrected chi connectivity index (χ0v) is 12.0. The van der Waals surface area contributed by atoms with E-state index in [0.717, 1.165) is 17.9 Å². The molecule has 0 aromatic heterocycles. The molecule has 0 spiro atoms. The maximum atomic E-state index is 5.57. The zero-order chi connectivity index (χ0) is 11.5. The third kappa shape index (κ3) is 2.50. The Labute approximate surface area is 101 Å². The Kier molecular flexibility index (Phi) is 4.41. The van der Waals surface area contributed by atoms with Gasteiger partial charge in [0.05, 0.1) is 0 Å². The minimum atomic E-state index is -1.56. The second-order valence-corrected chi connectivity index (χ2v) is 7.62. The highest BCUT2D eigenvalue weighted by Crippen LogP contribution is 2.38. The molecule has 1 heterocycles. The van der Waals surface area contributed by atoms with Crippen LogP contribution in [0.4, 0.5) is 0 Å². The number of nitrogens with zero attached hydrogens (tertiary/aromatic N) is 1. The van der Waals surface area contributed by atoms with Crippen molar-refractivity contribution in [1.82, 2.24) is 4.57 Å². The van der Waals surface area contributed by atoms with Gasteiger partial charge in [-0.3, -0.25) is 4.57 Å². The van der Waals surface area contributed by atoms with Crippen LogP contribution in [0.3, 0.4) is 0 Å². The van der Waals surface area contributed by atoms with Crippen LogP contribution in [-0.4, -0.2) is 40.8 Å². The smallest absolute Gasteiger partial charge is 0.388 e. The molecular weight excluding hydrogens is 218 g/mol. The van der Waals surface area contributed by atoms with Gasteiger partial charge in [-0.25, -0.2) is 0 Å². The zero-order valence-electron chi connectivity index (χ0n) is 10.8. The normalized spacial score (nSPS) is 36.4. The molecule has 1 saturated heterocycles. The van der Waals surface area contributed by atoms with Crippen LogP contribution in [0.2, 0.25) is 0 Å². The molecular formula is C12H25NO2Si. The molecule has 0 aromatic rings. The van der Waals surface area contributed by atoms with Crippen LogP contribution in [-0.2, 0) is 8.85 Å². The van der Waals surface area contributed by atoms with Gasteiger partial charge in [-0.1, -0.05) is 13.3 Å². The fraction of sp³-hybridized carbons (Fsp3) is 1.00. The molecule has 2 aliphatic rings. The van der Waals surface area contributed by atoms with Gasteiger partial charge in [0, 0.05) is 20.3 Å². The Morgan fingerprint density at radius 2 is 1.88 bits per heavy atom. The lowest BCUT2D eigenvalue weighted by Gasteiger charge is -2.47. The van der Waals surface area contributed by atoms with Gasteiger partial charge in [0.2, 0.25) is 0 Å². The first kappa shape index (κ1) is 12.6. The summed E-state index contributed by atoms with van der Waals surface area (Å²) in [6.07, 6.45) is 6.92. The van der Waals surface area contributed by atoms with E-state index in [1.165, 1.54) is 38.6 Å². The lowest BCUT2D eigenvalue weighted by molar-refractivity contribution is 0.0621. The first-order chi connectivity index (χ1) is 7.76. The van der Waals surface area contributed by atoms with Crippen molar-refractivity contribution in [2.24, 2.45) is 11.8 Å². The van der Waals surface area contributed by atoms with Gasteiger partial charge in [0.25, 0.3) is 0 Å². The van der Waals surface area contributed by atoms with Gasteiger partial charge in [-0.05, 0) is 44.1 Å². The summed E-state index contributed by atoms with van der Waals surface area (Å²) in [5, 5.41) is 0. The quantitative estimate of drug-likeness (QED) is 0.707. The molecule has 2 fully saturated rings. The standard InChI is InChI=1S/C12H25NO2Si/c1-10-6-7-11-5-4-8-13(12(11)9-10)16(14-2)15-3/h10-12,16H,4-9H2,1-3H3. The summed E-state index contributed by atoms with van der Waals surface area (Å²) in [5.41, 5.74) is 0. The van der Waals surface area contributed by atoms with Crippen LogP contribution >= 0.6 is 0 Å². The Morgan fingerprint density at radius 3 is 2.56 bits per heavy atom. The molecule has 0 bridgehead atoms. The van der Waals surface area contributed by atoms with Crippen LogP contribution in [0.1, 0.15) is 39.0 Å². The summed E-state index contributed by atoms with van der Waals surface area (Å²) in [6, 6.07) is 0.745. The van der Waals surface area contributed by atoms with Crippen molar-refractivity contribution in [3.05, 3.63) is 0 Å². The van der Waals surface area contributed by atoms with Gasteiger partial charge < -0.3 is 8.85 Å². The molecule has 0 N–H and O–H groups in total. The van der Waals surface area contributed by atoms with E-state index in [1.54, 1.807) is 14.2 Å². The van der Waals surface area contributed by atoms with Crippen molar-refractivity contribution in [3.63, 3.8) is 0 Å². The van der Waals surface area contributed by atoms with Crippen LogP contribution < -0.4 is 0 Å². The fourth-order valence-corrected chi connectivity index (χ4v) is 5.29. The van der Waals surface area contributed by atoms with E-state index in [2.05, 4.69) is 11.5 Å². The summed E-state index contributed by atoms with van der Waals surface area (Å²) < 4.78 is 13.7. The van der Waals surface area contributed by atoms with Gasteiger partial charge in [0.15, 0.2) is 0 Å². The predicted octanol–water partition coefficient (Wildman–Crippen LogP) is 1.90. The molecule has 2 rings (SSSR count). The maximum Gasteiger partial charge on any atom is 0.410 e. The molecule has 0 aromatic carbocycles. The van der Waals surface area contributed by atoms with Crippen molar-refractivity contribution in [3.8, 4) is 0 Å². The summed E-state index contributed by atoms with van der Waals surface area (Å²) in [5.74, 6) is 1.79. The first-order valence-electron chi connectivity index (χ1n) is 6.57. The molecule has 16 heavy (non-hydrogen) atoms. The average Bonchev–Trinajstić information content (AvgIpc) is 2.31. The van der Waals surface area contributed by atoms with Gasteiger partial charge in [-0.2, -0.15) is 0 Å². The van der Waals surface area contributed by atoms with Crippen molar-refractivity contribution in [2.75, 3.05) is 20.8 Å². The van der Waals surface area contributed by atoms with E-state index in [9.17, 15) is 0 Å². The fourth-order valence-electron chi connectivity index (χ4n) is 3.49. The minimum absolute atomic E-state index is 0.745. The monoisotopic (exact) mass is 243 g/mol. The van der Waals surface area contributed by atoms with Crippen LogP contribution in [0.25, 0.3) is 0 Å². The van der Waals surface area contributed by atoms with Gasteiger partial charge in [0.1, 0.15) is 0 Å². The first-order valence-corrected chi connectivity index (χ1v) is 8.03. The third-order valence-corrected chi connectivity index (χ3v) is 6.30. The Bertz CT molecular complexity index is 221. The molecule has 0 amide bonds. The molecule has 3 atom stereocenters. The minimum Gasteiger partial charge on any atom is -0.388 e. The molecule has 3 nitrogen and oxygen atoms in total. The number of fused-ring (bicyclic) bond motifs is 1. The van der Waals surface area contributed by atoms with E-state index in [4.69, 9.17) is 8.85 Å². The van der Waals surface area contributed by atoms with E-state index < -0.39 is 9.45 Å². The van der Waals surface area contributed by atoms with Crippen molar-refractivity contribution in [1.29, 1.82) is 0 Å². The van der Waals surface area contributed by atoms with Crippen LogP contribution in [0.15, 0.2) is 0 Å². The number of hydrogen-bond acceptors (Lipinski definition) is 3. The molecule has 4 heteroatoms. The molecule has 3 unspecified atom stereocenters. The average molecular weight is 243 g/mol. The van der Waals surface area contributed by atoms with Crippen molar-refractivity contribution in [2.45, 2.75) is 45.1 Å². The van der Waals surface area contributed by atoms with E-state index in [0.29, 0.717) is 0 Å². The highest BCUT2D eigenvalue weighted by Gasteiger charge is 2.39. The summed E-state index contributed by atoms with van der Waals surface area (Å²) in [6.45, 7) is 3.58. The Balaban J connectivity index is 2.05. The van der Waals surface area contributed by atoms with Crippen molar-refractivity contribution < 1.29 is 8.85 Å².